The second-order valence-electron chi connectivity index (χ2n) is 5.50. The van der Waals surface area contributed by atoms with Crippen LogP contribution in [0.5, 0.6) is 0 Å². The van der Waals surface area contributed by atoms with E-state index in [0.29, 0.717) is 5.69 Å². The molecule has 0 aliphatic heterocycles. The number of carboxylic acids is 1. The van der Waals surface area contributed by atoms with E-state index in [1.165, 1.54) is 13.3 Å². The molecular formula is C14H21N3O6. The number of carbonyl (C=O) groups excluding carboxylic acids is 1. The summed E-state index contributed by atoms with van der Waals surface area (Å²) in [5.41, 5.74) is -0.273. The van der Waals surface area contributed by atoms with Gasteiger partial charge in [-0.15, -0.1) is 0 Å². The molecule has 0 atom stereocenters. The lowest BCUT2D eigenvalue weighted by Crippen LogP contribution is -2.32. The molecular weight excluding hydrogens is 306 g/mol. The summed E-state index contributed by atoms with van der Waals surface area (Å²) in [6.45, 7) is 5.29. The molecule has 1 heterocycles. The van der Waals surface area contributed by atoms with Gasteiger partial charge < -0.3 is 24.3 Å². The van der Waals surface area contributed by atoms with Gasteiger partial charge in [0.05, 0.1) is 13.0 Å². The Kier molecular flexibility index (Phi) is 6.55. The minimum Gasteiger partial charge on any atom is -0.481 e. The number of ether oxygens (including phenoxy) is 2. The number of amides is 1. The number of aliphatic imine (C=N–C) groups is 1. The molecule has 0 saturated carbocycles. The van der Waals surface area contributed by atoms with Crippen molar-refractivity contribution < 1.29 is 28.6 Å². The van der Waals surface area contributed by atoms with Crippen LogP contribution >= 0.6 is 0 Å². The number of rotatable bonds is 6. The molecule has 1 aromatic rings. The fraction of sp³-hybridized carbons (Fsp3) is 0.571. The van der Waals surface area contributed by atoms with Gasteiger partial charge in [0.2, 0.25) is 11.8 Å². The predicted molar refractivity (Wildman–Crippen MR) is 80.2 cm³/mol. The Morgan fingerprint density at radius 2 is 2.13 bits per heavy atom. The molecule has 0 radical (unpaired) electrons. The maximum absolute atomic E-state index is 11.5. The minimum absolute atomic E-state index is 0.0274. The average Bonchev–Trinajstić information content (AvgIpc) is 2.88. The molecule has 2 N–H and O–H groups in total. The summed E-state index contributed by atoms with van der Waals surface area (Å²) in [6, 6.07) is 0. The number of nitrogens with one attached hydrogen (secondary N) is 1. The van der Waals surface area contributed by atoms with E-state index in [2.05, 4.69) is 15.3 Å². The SMILES string of the molecule is C/N=C(\OCCC(=O)O)c1coc(CNC(=O)OC(C)(C)C)n1. The van der Waals surface area contributed by atoms with Crippen molar-refractivity contribution in [3.05, 3.63) is 17.8 Å². The summed E-state index contributed by atoms with van der Waals surface area (Å²) in [6.07, 6.45) is 0.582. The number of aliphatic carboxylic acids is 1. The molecule has 1 amide bonds. The number of hydrogen-bond acceptors (Lipinski definition) is 7. The normalized spacial score (nSPS) is 11.9. The number of carbonyl (C=O) groups is 2. The molecule has 1 rings (SSSR count). The van der Waals surface area contributed by atoms with Crippen molar-refractivity contribution >= 4 is 18.0 Å². The van der Waals surface area contributed by atoms with E-state index in [9.17, 15) is 9.59 Å². The van der Waals surface area contributed by atoms with Crippen LogP contribution in [0.1, 0.15) is 38.8 Å². The molecule has 9 nitrogen and oxygen atoms in total. The van der Waals surface area contributed by atoms with E-state index in [0.717, 1.165) is 0 Å². The van der Waals surface area contributed by atoms with Crippen LogP contribution in [0.4, 0.5) is 4.79 Å². The third kappa shape index (κ3) is 7.30. The average molecular weight is 327 g/mol. The monoisotopic (exact) mass is 327 g/mol. The number of carboxylic acid groups (broad SMARTS) is 1. The highest BCUT2D eigenvalue weighted by Crippen LogP contribution is 2.08. The lowest BCUT2D eigenvalue weighted by Gasteiger charge is -2.19. The van der Waals surface area contributed by atoms with E-state index in [-0.39, 0.29) is 31.4 Å². The first-order chi connectivity index (χ1) is 10.7. The van der Waals surface area contributed by atoms with Crippen LogP contribution in [0.2, 0.25) is 0 Å². The zero-order valence-corrected chi connectivity index (χ0v) is 13.6. The fourth-order valence-electron chi connectivity index (χ4n) is 1.44. The fourth-order valence-corrected chi connectivity index (χ4v) is 1.44. The number of alkyl carbamates (subject to hydrolysis) is 1. The number of nitrogens with zero attached hydrogens (tertiary/aromatic N) is 2. The standard InChI is InChI=1S/C14H21N3O6/c1-14(2,3)23-13(20)16-7-10-17-9(8-22-10)12(15-4)21-6-5-11(18)19/h8H,5-7H2,1-4H3,(H,16,20)(H,18,19)/b15-12-. The Morgan fingerprint density at radius 3 is 2.70 bits per heavy atom. The van der Waals surface area contributed by atoms with Gasteiger partial charge in [0.1, 0.15) is 18.5 Å². The van der Waals surface area contributed by atoms with Crippen molar-refractivity contribution in [2.75, 3.05) is 13.7 Å². The van der Waals surface area contributed by atoms with Crippen LogP contribution in [-0.4, -0.2) is 47.3 Å². The predicted octanol–water partition coefficient (Wildman–Crippen LogP) is 1.57. The van der Waals surface area contributed by atoms with Gasteiger partial charge in [0, 0.05) is 7.05 Å². The second kappa shape index (κ2) is 8.16. The van der Waals surface area contributed by atoms with E-state index in [4.69, 9.17) is 19.0 Å². The second-order valence-corrected chi connectivity index (χ2v) is 5.50. The summed E-state index contributed by atoms with van der Waals surface area (Å²) >= 11 is 0. The maximum atomic E-state index is 11.5. The molecule has 0 aromatic carbocycles. The molecule has 9 heteroatoms. The Labute approximate surface area is 133 Å². The van der Waals surface area contributed by atoms with E-state index in [1.54, 1.807) is 20.8 Å². The molecule has 0 fully saturated rings. The van der Waals surface area contributed by atoms with Crippen LogP contribution in [0.15, 0.2) is 15.7 Å². The van der Waals surface area contributed by atoms with E-state index >= 15 is 0 Å². The molecule has 128 valence electrons. The van der Waals surface area contributed by atoms with Gasteiger partial charge in [-0.1, -0.05) is 0 Å². The van der Waals surface area contributed by atoms with Crippen molar-refractivity contribution in [3.8, 4) is 0 Å². The van der Waals surface area contributed by atoms with Crippen molar-refractivity contribution in [2.45, 2.75) is 39.3 Å². The summed E-state index contributed by atoms with van der Waals surface area (Å²) < 4.78 is 15.5. The van der Waals surface area contributed by atoms with Crippen molar-refractivity contribution in [1.82, 2.24) is 10.3 Å². The van der Waals surface area contributed by atoms with Gasteiger partial charge >= 0.3 is 12.1 Å². The highest BCUT2D eigenvalue weighted by atomic mass is 16.6. The molecule has 1 aromatic heterocycles. The minimum atomic E-state index is -0.970. The maximum Gasteiger partial charge on any atom is 0.408 e. The quantitative estimate of drug-likeness (QED) is 0.600. The van der Waals surface area contributed by atoms with Crippen LogP contribution in [0.3, 0.4) is 0 Å². The van der Waals surface area contributed by atoms with Gasteiger partial charge in [-0.2, -0.15) is 0 Å². The Bertz CT molecular complexity index is 573. The van der Waals surface area contributed by atoms with E-state index in [1.807, 2.05) is 0 Å². The van der Waals surface area contributed by atoms with Gasteiger partial charge in [-0.05, 0) is 20.8 Å². The van der Waals surface area contributed by atoms with E-state index < -0.39 is 17.7 Å². The lowest BCUT2D eigenvalue weighted by atomic mass is 10.2. The first kappa shape index (κ1) is 18.5. The molecule has 0 aliphatic carbocycles. The van der Waals surface area contributed by atoms with Gasteiger partial charge in [0.15, 0.2) is 5.69 Å². The number of oxazole rings is 1. The summed E-state index contributed by atoms with van der Waals surface area (Å²) in [7, 11) is 1.49. The first-order valence-electron chi connectivity index (χ1n) is 6.94. The topological polar surface area (TPSA) is 123 Å². The third-order valence-electron chi connectivity index (χ3n) is 2.31. The van der Waals surface area contributed by atoms with Gasteiger partial charge in [-0.3, -0.25) is 9.79 Å². The van der Waals surface area contributed by atoms with Gasteiger partial charge in [-0.25, -0.2) is 9.78 Å². The molecule has 0 saturated heterocycles. The highest BCUT2D eigenvalue weighted by molar-refractivity contribution is 5.91. The molecule has 0 bridgehead atoms. The largest absolute Gasteiger partial charge is 0.481 e. The number of hydrogen-bond donors (Lipinski definition) is 2. The highest BCUT2D eigenvalue weighted by Gasteiger charge is 2.17. The van der Waals surface area contributed by atoms with Crippen molar-refractivity contribution in [1.29, 1.82) is 0 Å². The zero-order chi connectivity index (χ0) is 17.5. The summed E-state index contributed by atoms with van der Waals surface area (Å²) in [4.78, 5) is 30.0. The molecule has 0 unspecified atom stereocenters. The van der Waals surface area contributed by atoms with Crippen LogP contribution in [0, 0.1) is 0 Å². The third-order valence-corrected chi connectivity index (χ3v) is 2.31. The van der Waals surface area contributed by atoms with Crippen LogP contribution < -0.4 is 5.32 Å². The first-order valence-corrected chi connectivity index (χ1v) is 6.94. The van der Waals surface area contributed by atoms with Crippen LogP contribution in [-0.2, 0) is 20.8 Å². The Morgan fingerprint density at radius 1 is 1.43 bits per heavy atom. The summed E-state index contributed by atoms with van der Waals surface area (Å²) in [5, 5.41) is 11.1. The summed E-state index contributed by atoms with van der Waals surface area (Å²) in [5.74, 6) is -0.560. The molecule has 0 spiro atoms. The molecule has 23 heavy (non-hydrogen) atoms. The Balaban J connectivity index is 2.53. The number of aromatic nitrogens is 1. The van der Waals surface area contributed by atoms with Crippen LogP contribution in [0.25, 0.3) is 0 Å². The lowest BCUT2D eigenvalue weighted by molar-refractivity contribution is -0.137. The molecule has 0 aliphatic rings. The van der Waals surface area contributed by atoms with Crippen molar-refractivity contribution in [2.24, 2.45) is 4.99 Å². The zero-order valence-electron chi connectivity index (χ0n) is 13.6. The Hall–Kier alpha value is -2.58. The smallest absolute Gasteiger partial charge is 0.408 e. The van der Waals surface area contributed by atoms with Gasteiger partial charge in [0.25, 0.3) is 0 Å². The van der Waals surface area contributed by atoms with Crippen molar-refractivity contribution in [3.63, 3.8) is 0 Å².